The Labute approximate surface area is 214 Å². The molecule has 6 nitrogen and oxygen atoms in total. The molecular weight excluding hydrogens is 503 g/mol. The van der Waals surface area contributed by atoms with E-state index in [-0.39, 0.29) is 0 Å². The first-order valence-corrected chi connectivity index (χ1v) is 12.0. The Morgan fingerprint density at radius 2 is 1.67 bits per heavy atom. The molecule has 10 heteroatoms. The summed E-state index contributed by atoms with van der Waals surface area (Å²) < 4.78 is 13.0. The smallest absolute Gasteiger partial charge is 0.173 e. The first-order chi connectivity index (χ1) is 15.9. The minimum atomic E-state index is 0.438. The second kappa shape index (κ2) is 12.3. The van der Waals surface area contributed by atoms with Crippen LogP contribution in [0.4, 0.5) is 5.82 Å². The third-order valence-electron chi connectivity index (χ3n) is 4.58. The van der Waals surface area contributed by atoms with Gasteiger partial charge in [-0.25, -0.2) is 0 Å². The summed E-state index contributed by atoms with van der Waals surface area (Å²) in [5.41, 5.74) is 2.07. The molecule has 33 heavy (non-hydrogen) atoms. The zero-order valence-corrected chi connectivity index (χ0v) is 21.4. The Kier molecular flexibility index (Phi) is 9.50. The lowest BCUT2D eigenvalue weighted by Gasteiger charge is -2.13. The van der Waals surface area contributed by atoms with Gasteiger partial charge in [-0.2, -0.15) is 5.10 Å². The second-order valence-electron chi connectivity index (χ2n) is 7.05. The Hall–Kier alpha value is -2.19. The lowest BCUT2D eigenvalue weighted by molar-refractivity contribution is 0.287. The van der Waals surface area contributed by atoms with Crippen LogP contribution in [-0.4, -0.2) is 34.7 Å². The van der Waals surface area contributed by atoms with Crippen LogP contribution >= 0.6 is 47.0 Å². The third-order valence-corrected chi connectivity index (χ3v) is 5.85. The molecule has 0 aliphatic carbocycles. The van der Waals surface area contributed by atoms with E-state index in [0.717, 1.165) is 29.0 Å². The summed E-state index contributed by atoms with van der Waals surface area (Å²) in [6.45, 7) is 6.20. The maximum atomic E-state index is 6.32. The van der Waals surface area contributed by atoms with E-state index in [1.54, 1.807) is 23.0 Å². The number of hydrogen-bond donors (Lipinski definition) is 2. The molecular formula is C23H25Cl3N4O2S. The van der Waals surface area contributed by atoms with Gasteiger partial charge in [-0.3, -0.25) is 4.68 Å². The number of rotatable bonds is 10. The van der Waals surface area contributed by atoms with E-state index in [1.165, 1.54) is 0 Å². The molecule has 3 aromatic rings. The topological polar surface area (TPSA) is 60.3 Å². The predicted molar refractivity (Wildman–Crippen MR) is 140 cm³/mol. The van der Waals surface area contributed by atoms with Crippen LogP contribution in [0.3, 0.4) is 0 Å². The minimum absolute atomic E-state index is 0.438. The summed E-state index contributed by atoms with van der Waals surface area (Å²) in [5.74, 6) is 1.98. The fourth-order valence-corrected chi connectivity index (χ4v) is 3.83. The van der Waals surface area contributed by atoms with Crippen molar-refractivity contribution < 1.29 is 9.47 Å². The molecule has 2 aromatic carbocycles. The Bertz CT molecular complexity index is 1110. The largest absolute Gasteiger partial charge is 0.490 e. The van der Waals surface area contributed by atoms with Crippen molar-refractivity contribution in [2.45, 2.75) is 26.8 Å². The van der Waals surface area contributed by atoms with Crippen molar-refractivity contribution in [3.05, 3.63) is 68.8 Å². The highest BCUT2D eigenvalue weighted by Crippen LogP contribution is 2.29. The van der Waals surface area contributed by atoms with Gasteiger partial charge in [-0.05, 0) is 67.9 Å². The highest BCUT2D eigenvalue weighted by molar-refractivity contribution is 7.80. The number of aromatic nitrogens is 2. The fourth-order valence-electron chi connectivity index (χ4n) is 3.11. The van der Waals surface area contributed by atoms with Crippen molar-refractivity contribution in [1.29, 1.82) is 0 Å². The molecule has 2 N–H and O–H groups in total. The molecule has 0 saturated carbocycles. The molecule has 0 unspecified atom stereocenters. The van der Waals surface area contributed by atoms with Crippen LogP contribution in [0.25, 0.3) is 0 Å². The quantitative estimate of drug-likeness (QED) is 0.305. The van der Waals surface area contributed by atoms with Crippen molar-refractivity contribution in [3.63, 3.8) is 0 Å². The van der Waals surface area contributed by atoms with Gasteiger partial charge in [0.05, 0.1) is 29.8 Å². The van der Waals surface area contributed by atoms with E-state index in [9.17, 15) is 0 Å². The van der Waals surface area contributed by atoms with E-state index in [1.807, 2.05) is 38.1 Å². The number of hydrogen-bond acceptors (Lipinski definition) is 4. The average Bonchev–Trinajstić information content (AvgIpc) is 3.11. The normalized spacial score (nSPS) is 10.7. The average molecular weight is 528 g/mol. The summed E-state index contributed by atoms with van der Waals surface area (Å²) >= 11 is 23.8. The summed E-state index contributed by atoms with van der Waals surface area (Å²) in [4.78, 5) is 0. The van der Waals surface area contributed by atoms with Crippen molar-refractivity contribution in [2.24, 2.45) is 0 Å². The number of ether oxygens (including phenoxy) is 2. The SMILES string of the molecule is CCOc1ccc(CCNC(=S)Nc2nn(Cc3ccc(Cl)c(Cl)c3)cc2Cl)cc1OCC. The number of thiocarbonyl (C=S) groups is 1. The van der Waals surface area contributed by atoms with E-state index in [4.69, 9.17) is 56.5 Å². The van der Waals surface area contributed by atoms with Gasteiger partial charge in [-0.15, -0.1) is 0 Å². The predicted octanol–water partition coefficient (Wildman–Crippen LogP) is 6.22. The summed E-state index contributed by atoms with van der Waals surface area (Å²) in [5, 5.41) is 12.6. The highest BCUT2D eigenvalue weighted by Gasteiger charge is 2.10. The van der Waals surface area contributed by atoms with Gasteiger partial charge >= 0.3 is 0 Å². The van der Waals surface area contributed by atoms with Gasteiger partial charge in [0, 0.05) is 12.7 Å². The van der Waals surface area contributed by atoms with Crippen LogP contribution in [0, 0.1) is 0 Å². The van der Waals surface area contributed by atoms with Gasteiger partial charge in [0.25, 0.3) is 0 Å². The summed E-state index contributed by atoms with van der Waals surface area (Å²) in [6, 6.07) is 11.4. The van der Waals surface area contributed by atoms with Gasteiger partial charge in [-0.1, -0.05) is 46.9 Å². The molecule has 0 aliphatic rings. The minimum Gasteiger partial charge on any atom is -0.490 e. The van der Waals surface area contributed by atoms with Crippen LogP contribution in [0.1, 0.15) is 25.0 Å². The zero-order chi connectivity index (χ0) is 23.8. The number of benzene rings is 2. The molecule has 0 fully saturated rings. The van der Waals surface area contributed by atoms with Gasteiger partial charge in [0.15, 0.2) is 22.4 Å². The van der Waals surface area contributed by atoms with Gasteiger partial charge < -0.3 is 20.1 Å². The van der Waals surface area contributed by atoms with Crippen LogP contribution in [0.2, 0.25) is 15.1 Å². The molecule has 0 bridgehead atoms. The molecule has 0 aliphatic heterocycles. The molecule has 3 rings (SSSR count). The summed E-state index contributed by atoms with van der Waals surface area (Å²) in [7, 11) is 0. The number of halogens is 3. The van der Waals surface area contributed by atoms with Crippen LogP contribution in [0.5, 0.6) is 11.5 Å². The molecule has 0 amide bonds. The summed E-state index contributed by atoms with van der Waals surface area (Å²) in [6.07, 6.45) is 2.48. The first-order valence-electron chi connectivity index (χ1n) is 10.5. The first kappa shape index (κ1) is 25.4. The number of nitrogens with one attached hydrogen (secondary N) is 2. The lowest BCUT2D eigenvalue weighted by atomic mass is 10.1. The monoisotopic (exact) mass is 526 g/mol. The molecule has 0 radical (unpaired) electrons. The molecule has 176 valence electrons. The standard InChI is InChI=1S/C23H25Cl3N4O2S/c1-3-31-20-8-6-15(12-21(20)32-4-2)9-10-27-23(33)28-22-19(26)14-30(29-22)13-16-5-7-17(24)18(25)11-16/h5-8,11-12,14H,3-4,9-10,13H2,1-2H3,(H2,27,28,29,33). The van der Waals surface area contributed by atoms with Crippen LogP contribution in [0.15, 0.2) is 42.6 Å². The molecule has 0 spiro atoms. The maximum Gasteiger partial charge on any atom is 0.173 e. The van der Waals surface area contributed by atoms with Crippen molar-refractivity contribution in [2.75, 3.05) is 25.1 Å². The van der Waals surface area contributed by atoms with Crippen molar-refractivity contribution in [3.8, 4) is 11.5 Å². The van der Waals surface area contributed by atoms with Crippen LogP contribution < -0.4 is 20.1 Å². The lowest BCUT2D eigenvalue weighted by Crippen LogP contribution is -2.30. The van der Waals surface area contributed by atoms with E-state index in [0.29, 0.717) is 52.3 Å². The number of nitrogens with zero attached hydrogens (tertiary/aromatic N) is 2. The molecule has 0 saturated heterocycles. The Balaban J connectivity index is 1.53. The zero-order valence-electron chi connectivity index (χ0n) is 18.3. The molecule has 1 heterocycles. The number of anilines is 1. The van der Waals surface area contributed by atoms with E-state index in [2.05, 4.69) is 15.7 Å². The molecule has 1 aromatic heterocycles. The third kappa shape index (κ3) is 7.40. The Morgan fingerprint density at radius 3 is 2.39 bits per heavy atom. The van der Waals surface area contributed by atoms with E-state index < -0.39 is 0 Å². The van der Waals surface area contributed by atoms with Crippen molar-refractivity contribution in [1.82, 2.24) is 15.1 Å². The van der Waals surface area contributed by atoms with E-state index >= 15 is 0 Å². The second-order valence-corrected chi connectivity index (χ2v) is 8.68. The fraction of sp³-hybridized carbons (Fsp3) is 0.304. The Morgan fingerprint density at radius 1 is 0.939 bits per heavy atom. The van der Waals surface area contributed by atoms with Crippen molar-refractivity contribution >= 4 is 58.0 Å². The van der Waals surface area contributed by atoms with Gasteiger partial charge in [0.2, 0.25) is 0 Å². The maximum absolute atomic E-state index is 6.32. The molecule has 0 atom stereocenters. The highest BCUT2D eigenvalue weighted by atomic mass is 35.5. The van der Waals surface area contributed by atoms with Crippen LogP contribution in [-0.2, 0) is 13.0 Å². The van der Waals surface area contributed by atoms with Gasteiger partial charge in [0.1, 0.15) is 5.02 Å².